The lowest BCUT2D eigenvalue weighted by atomic mass is 9.33. The van der Waals surface area contributed by atoms with E-state index in [9.17, 15) is 9.59 Å². The monoisotopic (exact) mass is 588 g/mol. The maximum Gasteiger partial charge on any atom is 0.313 e. The quantitative estimate of drug-likeness (QED) is 0.260. The Bertz CT molecular complexity index is 1290. The fourth-order valence-corrected chi connectivity index (χ4v) is 12.0. The van der Waals surface area contributed by atoms with E-state index in [2.05, 4.69) is 54.5 Å². The number of rotatable bonds is 4. The van der Waals surface area contributed by atoms with Crippen LogP contribution in [0.15, 0.2) is 42.0 Å². The Kier molecular flexibility index (Phi) is 7.34. The van der Waals surface area contributed by atoms with Crippen molar-refractivity contribution in [3.05, 3.63) is 47.5 Å². The highest BCUT2D eigenvalue weighted by molar-refractivity contribution is 5.79. The van der Waals surface area contributed by atoms with Gasteiger partial charge in [0.1, 0.15) is 12.7 Å². The first-order chi connectivity index (χ1) is 20.1. The Morgan fingerprint density at radius 1 is 0.837 bits per heavy atom. The topological polar surface area (TPSA) is 52.6 Å². The van der Waals surface area contributed by atoms with Crippen LogP contribution in [0.5, 0.6) is 0 Å². The minimum Gasteiger partial charge on any atom is -0.463 e. The highest BCUT2D eigenvalue weighted by Gasteiger charge is 2.69. The molecule has 6 rings (SSSR count). The third-order valence-electron chi connectivity index (χ3n) is 14.2. The number of ether oxygens (including phenoxy) is 2. The Morgan fingerprint density at radius 3 is 2.23 bits per heavy atom. The number of fused-ring (bicyclic) bond motifs is 7. The predicted molar refractivity (Wildman–Crippen MR) is 171 cm³/mol. The third-order valence-corrected chi connectivity index (χ3v) is 14.2. The molecule has 4 heteroatoms. The summed E-state index contributed by atoms with van der Waals surface area (Å²) in [6, 6.07) is 10.1. The van der Waals surface area contributed by atoms with Crippen molar-refractivity contribution in [2.24, 2.45) is 50.2 Å². The summed E-state index contributed by atoms with van der Waals surface area (Å²) >= 11 is 0. The van der Waals surface area contributed by atoms with Gasteiger partial charge < -0.3 is 9.47 Å². The summed E-state index contributed by atoms with van der Waals surface area (Å²) in [5.74, 6) is 1.26. The molecule has 8 atom stereocenters. The van der Waals surface area contributed by atoms with Crippen molar-refractivity contribution in [2.75, 3.05) is 0 Å². The standard InChI is InChI=1S/C39H56O4/c1-26(40)43-28-22-35(4,5)31-16-17-38(8)32(36(31,6)23-28)15-14-29-30-24-34(2,3)18-20-39(30,21-19-37(29,38)7)33(41)42-25-27-12-10-9-11-13-27/h9-14,28,30-32H,15-25H2,1-8H3/t28-,30-,31-,32+,36-,37+,38+,39-/m0/s1. The Morgan fingerprint density at radius 2 is 1.53 bits per heavy atom. The number of allylic oxidation sites excluding steroid dienone is 2. The molecule has 1 aromatic carbocycles. The summed E-state index contributed by atoms with van der Waals surface area (Å²) in [6.45, 7) is 19.3. The van der Waals surface area contributed by atoms with Crippen LogP contribution in [-0.2, 0) is 25.7 Å². The number of hydrogen-bond donors (Lipinski definition) is 0. The van der Waals surface area contributed by atoms with E-state index >= 15 is 0 Å². The normalized spacial score (nSPS) is 42.7. The first kappa shape index (κ1) is 30.9. The zero-order valence-electron chi connectivity index (χ0n) is 28.2. The van der Waals surface area contributed by atoms with Gasteiger partial charge in [-0.1, -0.05) is 90.4 Å². The van der Waals surface area contributed by atoms with Gasteiger partial charge in [-0.3, -0.25) is 9.59 Å². The molecule has 236 valence electrons. The van der Waals surface area contributed by atoms with E-state index in [1.54, 1.807) is 12.5 Å². The Labute approximate surface area is 260 Å². The lowest BCUT2D eigenvalue weighted by Gasteiger charge is -2.71. The highest BCUT2D eigenvalue weighted by atomic mass is 16.5. The summed E-state index contributed by atoms with van der Waals surface area (Å²) in [4.78, 5) is 26.3. The van der Waals surface area contributed by atoms with Crippen LogP contribution >= 0.6 is 0 Å². The fourth-order valence-electron chi connectivity index (χ4n) is 12.0. The molecule has 4 saturated carbocycles. The highest BCUT2D eigenvalue weighted by Crippen LogP contribution is 2.76. The average Bonchev–Trinajstić information content (AvgIpc) is 2.91. The first-order valence-electron chi connectivity index (χ1n) is 17.2. The van der Waals surface area contributed by atoms with Crippen molar-refractivity contribution < 1.29 is 19.1 Å². The second kappa shape index (κ2) is 10.2. The van der Waals surface area contributed by atoms with Crippen molar-refractivity contribution in [1.29, 1.82) is 0 Å². The molecular weight excluding hydrogens is 532 g/mol. The van der Waals surface area contributed by atoms with Gasteiger partial charge >= 0.3 is 11.9 Å². The zero-order chi connectivity index (χ0) is 31.1. The number of hydrogen-bond acceptors (Lipinski definition) is 4. The van der Waals surface area contributed by atoms with Crippen molar-refractivity contribution in [1.82, 2.24) is 0 Å². The van der Waals surface area contributed by atoms with Crippen LogP contribution < -0.4 is 0 Å². The number of esters is 2. The van der Waals surface area contributed by atoms with E-state index in [1.165, 1.54) is 12.8 Å². The molecule has 0 heterocycles. The van der Waals surface area contributed by atoms with Crippen LogP contribution in [0.1, 0.15) is 125 Å². The van der Waals surface area contributed by atoms with Crippen molar-refractivity contribution in [3.63, 3.8) is 0 Å². The first-order valence-corrected chi connectivity index (χ1v) is 17.2. The number of benzene rings is 1. The molecule has 0 bridgehead atoms. The van der Waals surface area contributed by atoms with E-state index in [4.69, 9.17) is 9.47 Å². The van der Waals surface area contributed by atoms with Crippen molar-refractivity contribution in [3.8, 4) is 0 Å². The van der Waals surface area contributed by atoms with Gasteiger partial charge in [-0.15, -0.1) is 0 Å². The zero-order valence-corrected chi connectivity index (χ0v) is 28.2. The van der Waals surface area contributed by atoms with Crippen LogP contribution in [0.2, 0.25) is 0 Å². The van der Waals surface area contributed by atoms with Gasteiger partial charge in [0.25, 0.3) is 0 Å². The molecular formula is C39H56O4. The molecule has 1 aromatic rings. The summed E-state index contributed by atoms with van der Waals surface area (Å²) in [6.07, 6.45) is 13.1. The minimum absolute atomic E-state index is 0.00758. The van der Waals surface area contributed by atoms with Crippen LogP contribution in [0, 0.1) is 50.2 Å². The van der Waals surface area contributed by atoms with E-state index in [0.717, 1.165) is 56.9 Å². The Hall–Kier alpha value is -2.10. The maximum atomic E-state index is 14.2. The molecule has 0 saturated heterocycles. The van der Waals surface area contributed by atoms with Gasteiger partial charge in [-0.2, -0.15) is 0 Å². The molecule has 0 aromatic heterocycles. The van der Waals surface area contributed by atoms with Crippen LogP contribution in [0.4, 0.5) is 0 Å². The van der Waals surface area contributed by atoms with Crippen LogP contribution in [0.3, 0.4) is 0 Å². The SMILES string of the molecule is CC(=O)O[C@H]1CC(C)(C)[C@@H]2CC[C@]3(C)[C@H](CC=C4[C@@H]5CC(C)(C)CC[C@]5(C(=O)OCc5ccccc5)CC[C@]43C)[C@@]2(C)C1. The third kappa shape index (κ3) is 4.75. The molecule has 0 spiro atoms. The van der Waals surface area contributed by atoms with Gasteiger partial charge in [-0.05, 0) is 115 Å². The van der Waals surface area contributed by atoms with E-state index < -0.39 is 5.41 Å². The summed E-state index contributed by atoms with van der Waals surface area (Å²) in [5, 5.41) is 0. The number of carbonyl (C=O) groups excluding carboxylic acids is 2. The lowest BCUT2D eigenvalue weighted by molar-refractivity contribution is -0.207. The fraction of sp³-hybridized carbons (Fsp3) is 0.744. The largest absolute Gasteiger partial charge is 0.463 e. The smallest absolute Gasteiger partial charge is 0.313 e. The van der Waals surface area contributed by atoms with Crippen LogP contribution in [0.25, 0.3) is 0 Å². The van der Waals surface area contributed by atoms with Gasteiger partial charge in [0.15, 0.2) is 0 Å². The van der Waals surface area contributed by atoms with Gasteiger partial charge in [-0.25, -0.2) is 0 Å². The molecule has 0 unspecified atom stereocenters. The van der Waals surface area contributed by atoms with Gasteiger partial charge in [0, 0.05) is 6.92 Å². The lowest BCUT2D eigenvalue weighted by Crippen LogP contribution is -2.65. The predicted octanol–water partition coefficient (Wildman–Crippen LogP) is 9.46. The summed E-state index contributed by atoms with van der Waals surface area (Å²) in [5.41, 5.74) is 2.83. The van der Waals surface area contributed by atoms with Crippen LogP contribution in [-0.4, -0.2) is 18.0 Å². The molecule has 5 aliphatic rings. The minimum atomic E-state index is -0.423. The molecule has 0 amide bonds. The average molecular weight is 589 g/mol. The van der Waals surface area contributed by atoms with E-state index in [0.29, 0.717) is 18.4 Å². The molecule has 43 heavy (non-hydrogen) atoms. The molecule has 0 N–H and O–H groups in total. The maximum absolute atomic E-state index is 14.2. The van der Waals surface area contributed by atoms with Gasteiger partial charge in [0.2, 0.25) is 0 Å². The molecule has 4 nitrogen and oxygen atoms in total. The second-order valence-electron chi connectivity index (χ2n) is 17.6. The molecule has 0 aliphatic heterocycles. The summed E-state index contributed by atoms with van der Waals surface area (Å²) < 4.78 is 12.2. The second-order valence-corrected chi connectivity index (χ2v) is 17.6. The molecule has 0 radical (unpaired) electrons. The van der Waals surface area contributed by atoms with E-state index in [-0.39, 0.29) is 51.0 Å². The molecule has 4 fully saturated rings. The summed E-state index contributed by atoms with van der Waals surface area (Å²) in [7, 11) is 0. The van der Waals surface area contributed by atoms with Gasteiger partial charge in [0.05, 0.1) is 5.41 Å². The van der Waals surface area contributed by atoms with E-state index in [1.807, 2.05) is 30.3 Å². The van der Waals surface area contributed by atoms with Crippen molar-refractivity contribution >= 4 is 11.9 Å². The Balaban J connectivity index is 1.36. The molecule has 5 aliphatic carbocycles. The number of carbonyl (C=O) groups is 2. The van der Waals surface area contributed by atoms with Crippen molar-refractivity contribution in [2.45, 2.75) is 132 Å².